The molecule has 39 heavy (non-hydrogen) atoms. The number of aryl methyl sites for hydroxylation is 2. The third-order valence-corrected chi connectivity index (χ3v) is 8.69. The molecular formula is C32H32F6S. The van der Waals surface area contributed by atoms with Gasteiger partial charge in [0.05, 0.1) is 22.3 Å². The molecule has 4 rings (SSSR count). The molecule has 0 atom stereocenters. The summed E-state index contributed by atoms with van der Waals surface area (Å²) < 4.78 is 86.2. The SMILES string of the molecule is CCc1ccc(Sc2ccc(CC)c(C(F)(F)F)c2C#CC2CCCC2)c(C#CC2CCCC2)c1C(F)(F)F. The second kappa shape index (κ2) is 12.3. The third kappa shape index (κ3) is 6.98. The van der Waals surface area contributed by atoms with E-state index in [-0.39, 0.29) is 56.7 Å². The van der Waals surface area contributed by atoms with Crippen LogP contribution in [0.2, 0.25) is 0 Å². The molecule has 0 N–H and O–H groups in total. The number of hydrogen-bond donors (Lipinski definition) is 0. The van der Waals surface area contributed by atoms with Gasteiger partial charge in [-0.05, 0) is 61.8 Å². The van der Waals surface area contributed by atoms with Crippen molar-refractivity contribution in [1.29, 1.82) is 0 Å². The summed E-state index contributed by atoms with van der Waals surface area (Å²) in [5.74, 6) is 11.8. The molecule has 0 radical (unpaired) electrons. The highest BCUT2D eigenvalue weighted by Crippen LogP contribution is 2.44. The number of hydrogen-bond acceptors (Lipinski definition) is 1. The van der Waals surface area contributed by atoms with Gasteiger partial charge in [0.25, 0.3) is 0 Å². The minimum absolute atomic E-state index is 0.0303. The van der Waals surface area contributed by atoms with Crippen LogP contribution in [0, 0.1) is 35.5 Å². The number of rotatable bonds is 4. The summed E-state index contributed by atoms with van der Waals surface area (Å²) in [4.78, 5) is 0.401. The monoisotopic (exact) mass is 562 g/mol. The van der Waals surface area contributed by atoms with E-state index in [9.17, 15) is 26.3 Å². The quantitative estimate of drug-likeness (QED) is 0.264. The van der Waals surface area contributed by atoms with Gasteiger partial charge < -0.3 is 0 Å². The molecule has 0 bridgehead atoms. The maximum absolute atomic E-state index is 14.4. The summed E-state index contributed by atoms with van der Waals surface area (Å²) in [5, 5.41) is 0. The lowest BCUT2D eigenvalue weighted by molar-refractivity contribution is -0.139. The fraction of sp³-hybridized carbons (Fsp3) is 0.500. The van der Waals surface area contributed by atoms with Gasteiger partial charge in [0.2, 0.25) is 0 Å². The van der Waals surface area contributed by atoms with Crippen molar-refractivity contribution in [1.82, 2.24) is 0 Å². The minimum atomic E-state index is -4.64. The first-order chi connectivity index (χ1) is 18.5. The lowest BCUT2D eigenvalue weighted by Gasteiger charge is -2.20. The molecular weight excluding hydrogens is 530 g/mol. The molecule has 2 aromatic carbocycles. The highest BCUT2D eigenvalue weighted by molar-refractivity contribution is 7.99. The molecule has 0 heterocycles. The van der Waals surface area contributed by atoms with Crippen LogP contribution in [0.25, 0.3) is 0 Å². The highest BCUT2D eigenvalue weighted by atomic mass is 32.2. The van der Waals surface area contributed by atoms with Gasteiger partial charge in [-0.25, -0.2) is 0 Å². The summed E-state index contributed by atoms with van der Waals surface area (Å²) in [6.45, 7) is 3.31. The Kier molecular flexibility index (Phi) is 9.33. The molecule has 2 aromatic rings. The Bertz CT molecular complexity index is 1200. The normalized spacial score (nSPS) is 16.6. The van der Waals surface area contributed by atoms with Gasteiger partial charge in [0, 0.05) is 21.6 Å². The lowest BCUT2D eigenvalue weighted by Crippen LogP contribution is -2.14. The summed E-state index contributed by atoms with van der Waals surface area (Å²) >= 11 is 0.900. The highest BCUT2D eigenvalue weighted by Gasteiger charge is 2.38. The molecule has 0 saturated heterocycles. The fourth-order valence-electron chi connectivity index (χ4n) is 5.52. The molecule has 0 aromatic heterocycles. The summed E-state index contributed by atoms with van der Waals surface area (Å²) in [6, 6.07) is 5.96. The molecule has 0 amide bonds. The van der Waals surface area contributed by atoms with Gasteiger partial charge in [-0.3, -0.25) is 0 Å². The minimum Gasteiger partial charge on any atom is -0.166 e. The molecule has 0 unspecified atom stereocenters. The summed E-state index contributed by atoms with van der Waals surface area (Å²) in [7, 11) is 0. The van der Waals surface area contributed by atoms with Crippen LogP contribution in [0.1, 0.15) is 98.6 Å². The molecule has 208 valence electrons. The van der Waals surface area contributed by atoms with Crippen LogP contribution >= 0.6 is 11.8 Å². The van der Waals surface area contributed by atoms with E-state index in [4.69, 9.17) is 0 Å². The van der Waals surface area contributed by atoms with Gasteiger partial charge in [-0.1, -0.05) is 87.1 Å². The van der Waals surface area contributed by atoms with Crippen molar-refractivity contribution in [3.05, 3.63) is 57.6 Å². The van der Waals surface area contributed by atoms with Crippen molar-refractivity contribution in [3.63, 3.8) is 0 Å². The second-order valence-corrected chi connectivity index (χ2v) is 11.3. The molecule has 0 spiro atoms. The van der Waals surface area contributed by atoms with Crippen molar-refractivity contribution >= 4 is 11.8 Å². The van der Waals surface area contributed by atoms with E-state index in [0.29, 0.717) is 0 Å². The lowest BCUT2D eigenvalue weighted by atomic mass is 9.97. The van der Waals surface area contributed by atoms with E-state index in [1.54, 1.807) is 26.0 Å². The molecule has 2 aliphatic rings. The van der Waals surface area contributed by atoms with Gasteiger partial charge in [0.1, 0.15) is 0 Å². The van der Waals surface area contributed by atoms with Crippen LogP contribution < -0.4 is 0 Å². The van der Waals surface area contributed by atoms with Crippen LogP contribution in [-0.4, -0.2) is 0 Å². The Labute approximate surface area is 231 Å². The van der Waals surface area contributed by atoms with Crippen LogP contribution in [0.5, 0.6) is 0 Å². The predicted molar refractivity (Wildman–Crippen MR) is 143 cm³/mol. The average Bonchev–Trinajstić information content (AvgIpc) is 3.59. The zero-order valence-corrected chi connectivity index (χ0v) is 23.0. The van der Waals surface area contributed by atoms with Crippen LogP contribution in [0.3, 0.4) is 0 Å². The van der Waals surface area contributed by atoms with Crippen molar-refractivity contribution in [3.8, 4) is 23.7 Å². The topological polar surface area (TPSA) is 0 Å². The summed E-state index contributed by atoms with van der Waals surface area (Å²) in [5.41, 5.74) is -1.63. The Morgan fingerprint density at radius 2 is 1.00 bits per heavy atom. The largest absolute Gasteiger partial charge is 0.417 e. The van der Waals surface area contributed by atoms with Gasteiger partial charge in [-0.2, -0.15) is 26.3 Å². The first kappa shape index (κ1) is 29.5. The first-order valence-electron chi connectivity index (χ1n) is 13.7. The van der Waals surface area contributed by atoms with Crippen LogP contribution in [-0.2, 0) is 25.2 Å². The van der Waals surface area contributed by atoms with E-state index >= 15 is 0 Å². The average molecular weight is 563 g/mol. The first-order valence-corrected chi connectivity index (χ1v) is 14.5. The molecule has 2 fully saturated rings. The third-order valence-electron chi connectivity index (χ3n) is 7.57. The standard InChI is InChI=1S/C32H32F6S/c1-3-23-15-19-27(25(29(23)31(33,34)35)17-13-21-9-5-6-10-21)39-28-20-16-24(4-2)30(32(36,37)38)26(28)18-14-22-11-7-8-12-22/h15-16,19-22H,3-12H2,1-2H3. The van der Waals surface area contributed by atoms with E-state index in [0.717, 1.165) is 63.1 Å². The molecule has 2 saturated carbocycles. The fourth-order valence-corrected chi connectivity index (χ4v) is 6.54. The zero-order chi connectivity index (χ0) is 28.2. The molecule has 2 aliphatic carbocycles. The van der Waals surface area contributed by atoms with E-state index in [1.807, 2.05) is 0 Å². The van der Waals surface area contributed by atoms with Crippen molar-refractivity contribution in [2.45, 2.75) is 100 Å². The van der Waals surface area contributed by atoms with Gasteiger partial charge >= 0.3 is 12.4 Å². The molecule has 7 heteroatoms. The Balaban J connectivity index is 1.90. The summed E-state index contributed by atoms with van der Waals surface area (Å²) in [6.07, 6.45) is -1.59. The Hall–Kier alpha value is -2.51. The van der Waals surface area contributed by atoms with E-state index in [1.165, 1.54) is 12.1 Å². The Morgan fingerprint density at radius 3 is 1.31 bits per heavy atom. The van der Waals surface area contributed by atoms with Crippen molar-refractivity contribution in [2.75, 3.05) is 0 Å². The molecule has 0 nitrogen and oxygen atoms in total. The zero-order valence-electron chi connectivity index (χ0n) is 22.2. The van der Waals surface area contributed by atoms with E-state index < -0.39 is 23.5 Å². The van der Waals surface area contributed by atoms with Crippen molar-refractivity contribution < 1.29 is 26.3 Å². The maximum atomic E-state index is 14.4. The van der Waals surface area contributed by atoms with Gasteiger partial charge in [0.15, 0.2) is 0 Å². The Morgan fingerprint density at radius 1 is 0.641 bits per heavy atom. The number of benzene rings is 2. The van der Waals surface area contributed by atoms with E-state index in [2.05, 4.69) is 23.7 Å². The maximum Gasteiger partial charge on any atom is 0.417 e. The van der Waals surface area contributed by atoms with Gasteiger partial charge in [-0.15, -0.1) is 0 Å². The predicted octanol–water partition coefficient (Wildman–Crippen LogP) is 10.1. The number of halogens is 6. The smallest absolute Gasteiger partial charge is 0.166 e. The second-order valence-electron chi connectivity index (χ2n) is 10.3. The van der Waals surface area contributed by atoms with Crippen LogP contribution in [0.4, 0.5) is 26.3 Å². The number of alkyl halides is 6. The molecule has 0 aliphatic heterocycles. The van der Waals surface area contributed by atoms with Crippen LogP contribution in [0.15, 0.2) is 34.1 Å². The van der Waals surface area contributed by atoms with Crippen molar-refractivity contribution in [2.24, 2.45) is 11.8 Å².